The van der Waals surface area contributed by atoms with Crippen LogP contribution in [0.3, 0.4) is 0 Å². The highest BCUT2D eigenvalue weighted by Gasteiger charge is 2.20. The molecule has 8 heteroatoms. The number of rotatable bonds is 3. The minimum Gasteiger partial charge on any atom is -0.340 e. The molecular formula is C14H19ClN4O2S. The fraction of sp³-hybridized carbons (Fsp3) is 0.500. The van der Waals surface area contributed by atoms with Crippen LogP contribution in [0.25, 0.3) is 10.2 Å². The molecule has 22 heavy (non-hydrogen) atoms. The Bertz CT molecular complexity index is 714. The normalized spacial score (nSPS) is 18.2. The molecule has 0 aliphatic carbocycles. The number of aromatic nitrogens is 2. The molecule has 0 radical (unpaired) electrons. The van der Waals surface area contributed by atoms with Crippen molar-refractivity contribution in [3.63, 3.8) is 0 Å². The number of nitrogens with one attached hydrogen (secondary N) is 1. The number of halogens is 1. The van der Waals surface area contributed by atoms with Gasteiger partial charge in [-0.2, -0.15) is 0 Å². The van der Waals surface area contributed by atoms with Crippen molar-refractivity contribution >= 4 is 39.9 Å². The van der Waals surface area contributed by atoms with E-state index >= 15 is 0 Å². The highest BCUT2D eigenvalue weighted by molar-refractivity contribution is 7.16. The number of nitrogens with zero attached hydrogens (tertiary/aromatic N) is 3. The number of carbonyl (C=O) groups is 1. The van der Waals surface area contributed by atoms with Gasteiger partial charge in [0.15, 0.2) is 0 Å². The molecule has 3 heterocycles. The number of hydrogen-bond acceptors (Lipinski definition) is 5. The zero-order valence-corrected chi connectivity index (χ0v) is 14.0. The summed E-state index contributed by atoms with van der Waals surface area (Å²) in [5.41, 5.74) is -0.0669. The van der Waals surface area contributed by atoms with Crippen LogP contribution in [0.5, 0.6) is 0 Å². The van der Waals surface area contributed by atoms with E-state index in [1.165, 1.54) is 22.2 Å². The lowest BCUT2D eigenvalue weighted by Gasteiger charge is -2.32. The van der Waals surface area contributed by atoms with E-state index in [9.17, 15) is 9.59 Å². The topological polar surface area (TPSA) is 67.2 Å². The van der Waals surface area contributed by atoms with Crippen LogP contribution in [0.4, 0.5) is 0 Å². The number of amides is 1. The SMILES string of the molecule is CC1CN(C(=O)CCn2cnc3sccc3c2=O)CCN1.Cl. The van der Waals surface area contributed by atoms with E-state index in [-0.39, 0.29) is 23.9 Å². The van der Waals surface area contributed by atoms with Crippen molar-refractivity contribution in [2.45, 2.75) is 25.9 Å². The van der Waals surface area contributed by atoms with Crippen molar-refractivity contribution in [3.8, 4) is 0 Å². The van der Waals surface area contributed by atoms with Crippen LogP contribution in [0.2, 0.25) is 0 Å². The first kappa shape index (κ1) is 16.9. The Morgan fingerprint density at radius 3 is 3.14 bits per heavy atom. The molecule has 6 nitrogen and oxygen atoms in total. The van der Waals surface area contributed by atoms with Crippen LogP contribution in [-0.2, 0) is 11.3 Å². The van der Waals surface area contributed by atoms with Crippen molar-refractivity contribution in [1.82, 2.24) is 19.8 Å². The fourth-order valence-electron chi connectivity index (χ4n) is 2.59. The van der Waals surface area contributed by atoms with Gasteiger partial charge in [-0.3, -0.25) is 14.2 Å². The Kier molecular flexibility index (Phi) is 5.55. The van der Waals surface area contributed by atoms with Crippen molar-refractivity contribution in [1.29, 1.82) is 0 Å². The lowest BCUT2D eigenvalue weighted by Crippen LogP contribution is -2.51. The molecule has 1 unspecified atom stereocenters. The lowest BCUT2D eigenvalue weighted by molar-refractivity contribution is -0.132. The predicted octanol–water partition coefficient (Wildman–Crippen LogP) is 1.09. The summed E-state index contributed by atoms with van der Waals surface area (Å²) >= 11 is 1.45. The first-order valence-electron chi connectivity index (χ1n) is 7.09. The van der Waals surface area contributed by atoms with Crippen LogP contribution in [0.1, 0.15) is 13.3 Å². The van der Waals surface area contributed by atoms with Gasteiger partial charge in [0.25, 0.3) is 5.56 Å². The summed E-state index contributed by atoms with van der Waals surface area (Å²) in [6.07, 6.45) is 1.87. The number of fused-ring (bicyclic) bond motifs is 1. The first-order valence-corrected chi connectivity index (χ1v) is 7.97. The molecule has 0 aromatic carbocycles. The Balaban J connectivity index is 0.00000176. The lowest BCUT2D eigenvalue weighted by atomic mass is 10.2. The summed E-state index contributed by atoms with van der Waals surface area (Å²) in [7, 11) is 0. The van der Waals surface area contributed by atoms with Gasteiger partial charge in [0.2, 0.25) is 5.91 Å². The summed E-state index contributed by atoms with van der Waals surface area (Å²) in [5.74, 6) is 0.0978. The summed E-state index contributed by atoms with van der Waals surface area (Å²) in [6, 6.07) is 2.11. The molecule has 2 aromatic rings. The Morgan fingerprint density at radius 2 is 2.36 bits per heavy atom. The van der Waals surface area contributed by atoms with E-state index in [1.54, 1.807) is 6.07 Å². The van der Waals surface area contributed by atoms with E-state index in [0.717, 1.165) is 24.5 Å². The monoisotopic (exact) mass is 342 g/mol. The molecule has 1 N–H and O–H groups in total. The number of carbonyl (C=O) groups excluding carboxylic acids is 1. The van der Waals surface area contributed by atoms with Gasteiger partial charge in [0.1, 0.15) is 4.83 Å². The van der Waals surface area contributed by atoms with E-state index in [1.807, 2.05) is 10.3 Å². The molecule has 1 fully saturated rings. The standard InChI is InChI=1S/C14H18N4O2S.ClH/c1-10-8-17(6-4-15-10)12(19)2-5-18-9-16-13-11(14(18)20)3-7-21-13;/h3,7,9-10,15H,2,4-6,8H2,1H3;1H. The molecule has 1 saturated heterocycles. The van der Waals surface area contributed by atoms with Crippen molar-refractivity contribution in [3.05, 3.63) is 28.1 Å². The Hall–Kier alpha value is -1.44. The van der Waals surface area contributed by atoms with Crippen molar-refractivity contribution in [2.24, 2.45) is 0 Å². The minimum atomic E-state index is -0.0669. The van der Waals surface area contributed by atoms with Gasteiger partial charge in [-0.15, -0.1) is 23.7 Å². The maximum atomic E-state index is 12.2. The molecule has 1 amide bonds. The summed E-state index contributed by atoms with van der Waals surface area (Å²) in [5, 5.41) is 5.80. The van der Waals surface area contributed by atoms with Gasteiger partial charge in [0, 0.05) is 38.6 Å². The first-order chi connectivity index (χ1) is 10.1. The Morgan fingerprint density at radius 1 is 1.55 bits per heavy atom. The van der Waals surface area contributed by atoms with Crippen molar-refractivity contribution < 1.29 is 4.79 Å². The number of thiophene rings is 1. The predicted molar refractivity (Wildman–Crippen MR) is 89.8 cm³/mol. The van der Waals surface area contributed by atoms with Crippen molar-refractivity contribution in [2.75, 3.05) is 19.6 Å². The summed E-state index contributed by atoms with van der Waals surface area (Å²) in [4.78, 5) is 31.3. The zero-order valence-electron chi connectivity index (χ0n) is 12.3. The third-order valence-corrected chi connectivity index (χ3v) is 4.56. The third kappa shape index (κ3) is 3.48. The molecule has 0 saturated carbocycles. The summed E-state index contributed by atoms with van der Waals surface area (Å²) < 4.78 is 1.53. The van der Waals surface area contributed by atoms with Gasteiger partial charge in [0.05, 0.1) is 11.7 Å². The average Bonchev–Trinajstić information content (AvgIpc) is 2.95. The molecule has 0 spiro atoms. The maximum Gasteiger partial charge on any atom is 0.262 e. The largest absolute Gasteiger partial charge is 0.340 e. The van der Waals surface area contributed by atoms with Gasteiger partial charge in [-0.25, -0.2) is 4.98 Å². The Labute approximate surface area is 138 Å². The van der Waals surface area contributed by atoms with Crippen LogP contribution < -0.4 is 10.9 Å². The zero-order chi connectivity index (χ0) is 14.8. The van der Waals surface area contributed by atoms with Gasteiger partial charge in [-0.1, -0.05) is 0 Å². The van der Waals surface area contributed by atoms with Gasteiger partial charge >= 0.3 is 0 Å². The molecule has 1 aliphatic heterocycles. The second kappa shape index (κ2) is 7.21. The van der Waals surface area contributed by atoms with Crippen LogP contribution in [0.15, 0.2) is 22.6 Å². The molecule has 1 atom stereocenters. The number of piperazine rings is 1. The quantitative estimate of drug-likeness (QED) is 0.906. The minimum absolute atomic E-state index is 0. The summed E-state index contributed by atoms with van der Waals surface area (Å²) in [6.45, 7) is 4.75. The number of hydrogen-bond donors (Lipinski definition) is 1. The molecule has 1 aliphatic rings. The average molecular weight is 343 g/mol. The van der Waals surface area contributed by atoms with Gasteiger partial charge in [-0.05, 0) is 18.4 Å². The molecule has 2 aromatic heterocycles. The molecule has 0 bridgehead atoms. The smallest absolute Gasteiger partial charge is 0.262 e. The third-order valence-electron chi connectivity index (χ3n) is 3.74. The molecule has 3 rings (SSSR count). The molecular weight excluding hydrogens is 324 g/mol. The van der Waals surface area contributed by atoms with E-state index in [2.05, 4.69) is 17.2 Å². The highest BCUT2D eigenvalue weighted by Crippen LogP contribution is 2.13. The number of aryl methyl sites for hydroxylation is 1. The van der Waals surface area contributed by atoms with Gasteiger partial charge < -0.3 is 10.2 Å². The van der Waals surface area contributed by atoms with Crippen LogP contribution in [-0.4, -0.2) is 46.0 Å². The second-order valence-electron chi connectivity index (χ2n) is 5.33. The van der Waals surface area contributed by atoms with E-state index < -0.39 is 0 Å². The van der Waals surface area contributed by atoms with E-state index in [4.69, 9.17) is 0 Å². The fourth-order valence-corrected chi connectivity index (χ4v) is 3.31. The molecule has 120 valence electrons. The van der Waals surface area contributed by atoms with E-state index in [0.29, 0.717) is 24.4 Å². The van der Waals surface area contributed by atoms with Crippen LogP contribution in [0, 0.1) is 0 Å². The highest BCUT2D eigenvalue weighted by atomic mass is 35.5. The second-order valence-corrected chi connectivity index (χ2v) is 6.22. The maximum absolute atomic E-state index is 12.2. The van der Waals surface area contributed by atoms with Crippen LogP contribution >= 0.6 is 23.7 Å².